The molecule has 0 bridgehead atoms. The Morgan fingerprint density at radius 3 is 2.62 bits per heavy atom. The molecule has 0 aromatic heterocycles. The second kappa shape index (κ2) is 9.17. The van der Waals surface area contributed by atoms with Gasteiger partial charge in [-0.2, -0.15) is 0 Å². The van der Waals surface area contributed by atoms with E-state index in [1.165, 1.54) is 18.2 Å². The van der Waals surface area contributed by atoms with E-state index in [0.717, 1.165) is 25.3 Å². The number of nitrogens with one attached hydrogen (secondary N) is 1. The minimum atomic E-state index is -4.14. The molecular formula is C16H24N2O7S. The maximum absolute atomic E-state index is 12.9. The van der Waals surface area contributed by atoms with Gasteiger partial charge in [0.05, 0.1) is 23.6 Å². The first-order chi connectivity index (χ1) is 12.3. The molecule has 0 spiro atoms. The van der Waals surface area contributed by atoms with Crippen molar-refractivity contribution in [2.24, 2.45) is 0 Å². The second-order valence-corrected chi connectivity index (χ2v) is 8.02. The number of benzene rings is 1. The van der Waals surface area contributed by atoms with Crippen LogP contribution in [0.15, 0.2) is 29.2 Å². The molecule has 26 heavy (non-hydrogen) atoms. The molecule has 1 unspecified atom stereocenters. The third-order valence-corrected chi connectivity index (χ3v) is 5.67. The van der Waals surface area contributed by atoms with Crippen molar-refractivity contribution in [2.75, 3.05) is 13.1 Å². The first-order valence-corrected chi connectivity index (χ1v) is 9.86. The number of rotatable bonds is 8. The van der Waals surface area contributed by atoms with Crippen molar-refractivity contribution < 1.29 is 33.4 Å². The molecule has 0 heterocycles. The van der Waals surface area contributed by atoms with Crippen LogP contribution in [0.5, 0.6) is 5.75 Å². The molecule has 0 aliphatic heterocycles. The van der Waals surface area contributed by atoms with Crippen LogP contribution in [0.25, 0.3) is 0 Å². The zero-order valence-corrected chi connectivity index (χ0v) is 15.1. The number of aliphatic hydroxyl groups excluding tert-OH is 1. The van der Waals surface area contributed by atoms with E-state index in [2.05, 4.69) is 0 Å². The molecule has 1 aromatic carbocycles. The van der Waals surface area contributed by atoms with Crippen molar-refractivity contribution >= 4 is 16.1 Å². The minimum Gasteiger partial charge on any atom is -0.508 e. The van der Waals surface area contributed by atoms with E-state index >= 15 is 0 Å². The van der Waals surface area contributed by atoms with Gasteiger partial charge in [-0.25, -0.2) is 13.2 Å². The number of hydrogen-bond acceptors (Lipinski definition) is 6. The lowest BCUT2D eigenvalue weighted by molar-refractivity contribution is -0.154. The number of phenols is 1. The zero-order valence-electron chi connectivity index (χ0n) is 14.2. The highest BCUT2D eigenvalue weighted by Gasteiger charge is 2.31. The van der Waals surface area contributed by atoms with Gasteiger partial charge in [0.25, 0.3) is 10.0 Å². The van der Waals surface area contributed by atoms with Crippen molar-refractivity contribution in [3.8, 4) is 5.75 Å². The molecule has 10 heteroatoms. The van der Waals surface area contributed by atoms with Crippen LogP contribution in [-0.2, 0) is 14.9 Å². The molecule has 1 amide bonds. The molecule has 1 aliphatic rings. The predicted molar refractivity (Wildman–Crippen MR) is 92.0 cm³/mol. The van der Waals surface area contributed by atoms with Crippen molar-refractivity contribution in [3.63, 3.8) is 0 Å². The molecule has 1 aromatic rings. The molecule has 1 fully saturated rings. The smallest absolute Gasteiger partial charge is 0.404 e. The van der Waals surface area contributed by atoms with Crippen molar-refractivity contribution in [1.82, 2.24) is 9.79 Å². The summed E-state index contributed by atoms with van der Waals surface area (Å²) in [5.41, 5.74) is 0. The first kappa shape index (κ1) is 20.4. The highest BCUT2D eigenvalue weighted by molar-refractivity contribution is 7.89. The highest BCUT2D eigenvalue weighted by atomic mass is 32.2. The lowest BCUT2D eigenvalue weighted by Crippen LogP contribution is -2.44. The fraction of sp³-hybridized carbons (Fsp3) is 0.562. The Labute approximate surface area is 152 Å². The summed E-state index contributed by atoms with van der Waals surface area (Å²) in [6, 6.07) is 5.14. The van der Waals surface area contributed by atoms with Gasteiger partial charge in [0.2, 0.25) is 0 Å². The molecule has 1 atom stereocenters. The fourth-order valence-electron chi connectivity index (χ4n) is 2.74. The van der Waals surface area contributed by atoms with Crippen LogP contribution in [0.2, 0.25) is 0 Å². The van der Waals surface area contributed by atoms with Gasteiger partial charge in [0.1, 0.15) is 5.75 Å². The van der Waals surface area contributed by atoms with E-state index in [9.17, 15) is 23.4 Å². The first-order valence-electron chi connectivity index (χ1n) is 8.42. The summed E-state index contributed by atoms with van der Waals surface area (Å²) in [5, 5.41) is 30.2. The number of phenolic OH excluding ortho intramolecular Hbond substituents is 1. The molecule has 146 valence electrons. The van der Waals surface area contributed by atoms with Crippen LogP contribution in [-0.4, -0.2) is 59.6 Å². The zero-order chi connectivity index (χ0) is 19.2. The Kier molecular flexibility index (Phi) is 7.21. The van der Waals surface area contributed by atoms with E-state index in [4.69, 9.17) is 9.94 Å². The molecule has 0 saturated heterocycles. The number of hydroxylamine groups is 1. The van der Waals surface area contributed by atoms with E-state index in [1.54, 1.807) is 0 Å². The minimum absolute atomic E-state index is 0.174. The Morgan fingerprint density at radius 1 is 1.31 bits per heavy atom. The van der Waals surface area contributed by atoms with Crippen LogP contribution >= 0.6 is 0 Å². The van der Waals surface area contributed by atoms with Crippen LogP contribution in [0, 0.1) is 0 Å². The van der Waals surface area contributed by atoms with Gasteiger partial charge in [0.15, 0.2) is 0 Å². The monoisotopic (exact) mass is 388 g/mol. The Hall–Kier alpha value is -1.88. The van der Waals surface area contributed by atoms with E-state index in [-0.39, 0.29) is 23.3 Å². The molecule has 4 N–H and O–H groups in total. The van der Waals surface area contributed by atoms with Crippen molar-refractivity contribution in [2.45, 2.75) is 49.2 Å². The Morgan fingerprint density at radius 2 is 2.00 bits per heavy atom. The standard InChI is InChI=1S/C16H24N2O7S/c19-12-5-4-8-15(9-12)26(23,24)18(11-13(20)10-17-16(21)22)25-14-6-2-1-3-7-14/h4-5,8-9,13-14,17,19-20H,1-3,6-7,10-11H2,(H,21,22). The lowest BCUT2D eigenvalue weighted by atomic mass is 9.98. The number of carboxylic acid groups (broad SMARTS) is 1. The van der Waals surface area contributed by atoms with Crippen LogP contribution in [0.4, 0.5) is 4.79 Å². The van der Waals surface area contributed by atoms with Crippen LogP contribution in [0.1, 0.15) is 32.1 Å². The van der Waals surface area contributed by atoms with Gasteiger partial charge < -0.3 is 20.6 Å². The van der Waals surface area contributed by atoms with E-state index in [1.807, 2.05) is 5.32 Å². The summed E-state index contributed by atoms with van der Waals surface area (Å²) < 4.78 is 26.4. The van der Waals surface area contributed by atoms with Crippen LogP contribution < -0.4 is 5.32 Å². The summed E-state index contributed by atoms with van der Waals surface area (Å²) in [6.07, 6.45) is 1.41. The maximum atomic E-state index is 12.9. The molecule has 1 aliphatic carbocycles. The van der Waals surface area contributed by atoms with Gasteiger partial charge in [0, 0.05) is 6.54 Å². The summed E-state index contributed by atoms with van der Waals surface area (Å²) >= 11 is 0. The lowest BCUT2D eigenvalue weighted by Gasteiger charge is -2.30. The number of carbonyl (C=O) groups is 1. The van der Waals surface area contributed by atoms with Gasteiger partial charge in [-0.3, -0.25) is 4.84 Å². The summed E-state index contributed by atoms with van der Waals surface area (Å²) in [4.78, 5) is 16.0. The number of aliphatic hydroxyl groups is 1. The number of amides is 1. The highest BCUT2D eigenvalue weighted by Crippen LogP contribution is 2.26. The topological polar surface area (TPSA) is 136 Å². The predicted octanol–water partition coefficient (Wildman–Crippen LogP) is 1.28. The Balaban J connectivity index is 2.18. The SMILES string of the molecule is O=C(O)NCC(O)CN(OC1CCCCC1)S(=O)(=O)c1cccc(O)c1. The van der Waals surface area contributed by atoms with E-state index in [0.29, 0.717) is 17.3 Å². The average Bonchev–Trinajstić information content (AvgIpc) is 2.60. The molecular weight excluding hydrogens is 364 g/mol. The van der Waals surface area contributed by atoms with Gasteiger partial charge in [-0.05, 0) is 31.0 Å². The second-order valence-electron chi connectivity index (χ2n) is 6.19. The number of hydrogen-bond donors (Lipinski definition) is 4. The summed E-state index contributed by atoms with van der Waals surface area (Å²) in [7, 11) is -4.14. The third kappa shape index (κ3) is 5.84. The molecule has 9 nitrogen and oxygen atoms in total. The average molecular weight is 388 g/mol. The number of nitrogens with zero attached hydrogens (tertiary/aromatic N) is 1. The third-order valence-electron chi connectivity index (χ3n) is 4.05. The quantitative estimate of drug-likeness (QED) is 0.492. The number of sulfonamides is 1. The van der Waals surface area contributed by atoms with Crippen LogP contribution in [0.3, 0.4) is 0 Å². The molecule has 1 saturated carbocycles. The molecule has 0 radical (unpaired) electrons. The van der Waals surface area contributed by atoms with Gasteiger partial charge in [-0.15, -0.1) is 0 Å². The van der Waals surface area contributed by atoms with Crippen molar-refractivity contribution in [3.05, 3.63) is 24.3 Å². The Bertz CT molecular complexity index is 704. The van der Waals surface area contributed by atoms with Crippen molar-refractivity contribution in [1.29, 1.82) is 0 Å². The normalized spacial score (nSPS) is 17.2. The summed E-state index contributed by atoms with van der Waals surface area (Å²) in [5.74, 6) is -0.211. The van der Waals surface area contributed by atoms with Gasteiger partial charge >= 0.3 is 6.09 Å². The van der Waals surface area contributed by atoms with E-state index < -0.39 is 28.8 Å². The molecule has 2 rings (SSSR count). The maximum Gasteiger partial charge on any atom is 0.404 e. The fourth-order valence-corrected chi connectivity index (χ4v) is 4.10. The number of aromatic hydroxyl groups is 1. The van der Waals surface area contributed by atoms with Gasteiger partial charge in [-0.1, -0.05) is 29.8 Å². The largest absolute Gasteiger partial charge is 0.508 e. The summed E-state index contributed by atoms with van der Waals surface area (Å²) in [6.45, 7) is -0.774.